The second-order valence-electron chi connectivity index (χ2n) is 8.77. The lowest BCUT2D eigenvalue weighted by Gasteiger charge is -2.35. The smallest absolute Gasteiger partial charge is 0.316 e. The summed E-state index contributed by atoms with van der Waals surface area (Å²) in [6, 6.07) is 16.4. The minimum absolute atomic E-state index is 0.239. The molecule has 9 heteroatoms. The van der Waals surface area contributed by atoms with Crippen LogP contribution in [0.4, 0.5) is 0 Å². The van der Waals surface area contributed by atoms with Gasteiger partial charge in [0.1, 0.15) is 27.9 Å². The number of aromatic nitrogens is 4. The zero-order chi connectivity index (χ0) is 24.2. The lowest BCUT2D eigenvalue weighted by Crippen LogP contribution is -2.44. The average molecular weight is 487 g/mol. The number of fused-ring (bicyclic) bond motifs is 1. The molecule has 0 radical (unpaired) electrons. The van der Waals surface area contributed by atoms with E-state index in [9.17, 15) is 5.26 Å². The number of morpholine rings is 1. The van der Waals surface area contributed by atoms with Gasteiger partial charge in [-0.1, -0.05) is 35.6 Å². The van der Waals surface area contributed by atoms with E-state index in [0.717, 1.165) is 35.5 Å². The number of benzene rings is 1. The van der Waals surface area contributed by atoms with E-state index in [1.165, 1.54) is 16.9 Å². The van der Waals surface area contributed by atoms with Crippen molar-refractivity contribution in [3.63, 3.8) is 0 Å². The van der Waals surface area contributed by atoms with Gasteiger partial charge in [0, 0.05) is 32.0 Å². The summed E-state index contributed by atoms with van der Waals surface area (Å²) in [5.41, 5.74) is 3.61. The van der Waals surface area contributed by atoms with Gasteiger partial charge in [0.2, 0.25) is 0 Å². The molecule has 1 aromatic carbocycles. The van der Waals surface area contributed by atoms with Gasteiger partial charge in [-0.25, -0.2) is 15.0 Å². The molecule has 0 bridgehead atoms. The summed E-state index contributed by atoms with van der Waals surface area (Å²) in [6.07, 6.45) is 3.82. The third-order valence-corrected chi connectivity index (χ3v) is 6.81. The number of thiazole rings is 1. The van der Waals surface area contributed by atoms with Gasteiger partial charge >= 0.3 is 6.01 Å². The Hall–Kier alpha value is -3.45. The molecule has 0 aliphatic carbocycles. The van der Waals surface area contributed by atoms with Crippen LogP contribution in [0.1, 0.15) is 41.6 Å². The van der Waals surface area contributed by atoms with Crippen LogP contribution in [0.2, 0.25) is 0 Å². The Morgan fingerprint density at radius 3 is 2.71 bits per heavy atom. The van der Waals surface area contributed by atoms with Crippen LogP contribution in [0, 0.1) is 11.3 Å². The molecule has 178 valence electrons. The number of rotatable bonds is 7. The molecule has 8 nitrogen and oxygen atoms in total. The largest absolute Gasteiger partial charge is 0.459 e. The maximum atomic E-state index is 9.84. The van der Waals surface area contributed by atoms with Crippen molar-refractivity contribution in [1.29, 1.82) is 5.26 Å². The molecule has 5 rings (SSSR count). The molecule has 3 aromatic heterocycles. The first-order valence-corrected chi connectivity index (χ1v) is 12.4. The summed E-state index contributed by atoms with van der Waals surface area (Å²) in [5, 5.41) is 10.5. The third kappa shape index (κ3) is 5.62. The van der Waals surface area contributed by atoms with Gasteiger partial charge < -0.3 is 9.47 Å². The topological polar surface area (TPSA) is 97.1 Å². The number of pyridine rings is 1. The van der Waals surface area contributed by atoms with Crippen LogP contribution in [-0.4, -0.2) is 50.1 Å². The third-order valence-electron chi connectivity index (χ3n) is 5.77. The fourth-order valence-corrected chi connectivity index (χ4v) is 5.34. The molecule has 4 aromatic rings. The maximum absolute atomic E-state index is 9.84. The molecule has 0 saturated carbocycles. The predicted octanol–water partition coefficient (Wildman–Crippen LogP) is 4.32. The molecule has 0 spiro atoms. The molecule has 0 amide bonds. The van der Waals surface area contributed by atoms with Crippen LogP contribution in [0.3, 0.4) is 0 Å². The highest BCUT2D eigenvalue weighted by atomic mass is 32.1. The van der Waals surface area contributed by atoms with Crippen LogP contribution in [0.15, 0.2) is 54.9 Å². The monoisotopic (exact) mass is 486 g/mol. The van der Waals surface area contributed by atoms with E-state index in [2.05, 4.69) is 56.9 Å². The second kappa shape index (κ2) is 10.4. The molecule has 0 N–H and O–H groups in total. The lowest BCUT2D eigenvalue weighted by molar-refractivity contribution is -0.0704. The van der Waals surface area contributed by atoms with Gasteiger partial charge in [-0.05, 0) is 43.2 Å². The van der Waals surface area contributed by atoms with E-state index in [1.54, 1.807) is 18.5 Å². The molecule has 1 aliphatic rings. The van der Waals surface area contributed by atoms with Crippen molar-refractivity contribution in [2.45, 2.75) is 45.1 Å². The highest BCUT2D eigenvalue weighted by molar-refractivity contribution is 7.18. The van der Waals surface area contributed by atoms with Crippen LogP contribution in [-0.2, 0) is 17.9 Å². The van der Waals surface area contributed by atoms with Crippen LogP contribution >= 0.6 is 11.3 Å². The number of ether oxygens (including phenoxy) is 2. The van der Waals surface area contributed by atoms with Crippen LogP contribution in [0.25, 0.3) is 10.3 Å². The standard InChI is InChI=1S/C26H26N6O2S/c1-17-13-32(14-18(2)34-17)15-19-5-3-6-20(11-19)16-33-26-29-10-8-22(31-26)21(12-27)24-30-23-7-4-9-28-25(23)35-24/h3-11,17-18,21H,13-16H2,1-2H3. The van der Waals surface area contributed by atoms with E-state index in [0.29, 0.717) is 17.3 Å². The zero-order valence-electron chi connectivity index (χ0n) is 19.7. The number of nitrogens with zero attached hydrogens (tertiary/aromatic N) is 6. The van der Waals surface area contributed by atoms with E-state index < -0.39 is 5.92 Å². The SMILES string of the molecule is CC1CN(Cc2cccc(COc3nccc(C(C#N)c4nc5cccnc5s4)n3)c2)CC(C)O1. The molecule has 1 fully saturated rings. The Kier molecular flexibility index (Phi) is 6.95. The zero-order valence-corrected chi connectivity index (χ0v) is 20.5. The first-order valence-electron chi connectivity index (χ1n) is 11.6. The molecular formula is C26H26N6O2S. The Labute approximate surface area is 208 Å². The van der Waals surface area contributed by atoms with Crippen molar-refractivity contribution in [3.8, 4) is 12.1 Å². The molecule has 3 unspecified atom stereocenters. The minimum Gasteiger partial charge on any atom is -0.459 e. The van der Waals surface area contributed by atoms with E-state index in [4.69, 9.17) is 9.47 Å². The van der Waals surface area contributed by atoms with Crippen LogP contribution < -0.4 is 4.74 Å². The molecule has 3 atom stereocenters. The summed E-state index contributed by atoms with van der Waals surface area (Å²) in [7, 11) is 0. The van der Waals surface area contributed by atoms with Crippen molar-refractivity contribution in [2.24, 2.45) is 0 Å². The van der Waals surface area contributed by atoms with E-state index >= 15 is 0 Å². The van der Waals surface area contributed by atoms with Crippen molar-refractivity contribution in [3.05, 3.63) is 76.7 Å². The Morgan fingerprint density at radius 2 is 1.91 bits per heavy atom. The van der Waals surface area contributed by atoms with Gasteiger partial charge in [-0.2, -0.15) is 10.2 Å². The maximum Gasteiger partial charge on any atom is 0.316 e. The van der Waals surface area contributed by atoms with Crippen molar-refractivity contribution in [2.75, 3.05) is 13.1 Å². The average Bonchev–Trinajstić information content (AvgIpc) is 3.27. The highest BCUT2D eigenvalue weighted by Gasteiger charge is 2.23. The molecule has 4 heterocycles. The minimum atomic E-state index is -0.610. The van der Waals surface area contributed by atoms with Gasteiger partial charge in [0.15, 0.2) is 0 Å². The van der Waals surface area contributed by atoms with Gasteiger partial charge in [0.25, 0.3) is 0 Å². The number of hydrogen-bond donors (Lipinski definition) is 0. The quantitative estimate of drug-likeness (QED) is 0.381. The summed E-state index contributed by atoms with van der Waals surface area (Å²) in [4.78, 5) is 20.9. The lowest BCUT2D eigenvalue weighted by atomic mass is 10.1. The fourth-order valence-electron chi connectivity index (χ4n) is 4.38. The van der Waals surface area contributed by atoms with Crippen molar-refractivity contribution in [1.82, 2.24) is 24.8 Å². The Balaban J connectivity index is 1.26. The highest BCUT2D eigenvalue weighted by Crippen LogP contribution is 2.30. The summed E-state index contributed by atoms with van der Waals surface area (Å²) >= 11 is 1.40. The van der Waals surface area contributed by atoms with Crippen molar-refractivity contribution < 1.29 is 9.47 Å². The Bertz CT molecular complexity index is 1310. The normalized spacial score (nSPS) is 19.3. The second-order valence-corrected chi connectivity index (χ2v) is 9.78. The molecular weight excluding hydrogens is 460 g/mol. The molecule has 35 heavy (non-hydrogen) atoms. The summed E-state index contributed by atoms with van der Waals surface area (Å²) in [5.74, 6) is -0.610. The molecule has 1 aliphatic heterocycles. The van der Waals surface area contributed by atoms with Gasteiger partial charge in [0.05, 0.1) is 24.0 Å². The van der Waals surface area contributed by atoms with E-state index in [-0.39, 0.29) is 18.2 Å². The fraction of sp³-hybridized carbons (Fsp3) is 0.346. The van der Waals surface area contributed by atoms with Gasteiger partial charge in [-0.3, -0.25) is 4.90 Å². The first kappa shape index (κ1) is 23.3. The summed E-state index contributed by atoms with van der Waals surface area (Å²) < 4.78 is 11.7. The number of nitriles is 1. The predicted molar refractivity (Wildman–Crippen MR) is 133 cm³/mol. The van der Waals surface area contributed by atoms with Gasteiger partial charge in [-0.15, -0.1) is 0 Å². The molecule has 1 saturated heterocycles. The van der Waals surface area contributed by atoms with Crippen LogP contribution in [0.5, 0.6) is 6.01 Å². The van der Waals surface area contributed by atoms with E-state index in [1.807, 2.05) is 24.3 Å². The number of hydrogen-bond acceptors (Lipinski definition) is 9. The van der Waals surface area contributed by atoms with Crippen molar-refractivity contribution >= 4 is 21.7 Å². The first-order chi connectivity index (χ1) is 17.1. The summed E-state index contributed by atoms with van der Waals surface area (Å²) in [6.45, 7) is 7.30. The Morgan fingerprint density at radius 1 is 1.09 bits per heavy atom.